The first-order valence-electron chi connectivity index (χ1n) is 7.93. The standard InChI is InChI=1S/C19H20ClNO2/c20-17-10-8-15(9-11-17)19(23)21-12-4-7-16(13-21)18(22)14-5-2-1-3-6-14/h1-3,5-6,8-11,16,18,22H,4,7,12-13H2/t16?,18-/m1/s1. The first-order valence-corrected chi connectivity index (χ1v) is 8.31. The number of likely N-dealkylation sites (tertiary alicyclic amines) is 1. The highest BCUT2D eigenvalue weighted by Crippen LogP contribution is 2.30. The first-order chi connectivity index (χ1) is 11.1. The molecule has 1 fully saturated rings. The van der Waals surface area contributed by atoms with Gasteiger partial charge >= 0.3 is 0 Å². The van der Waals surface area contributed by atoms with E-state index in [1.165, 1.54) is 0 Å². The predicted molar refractivity (Wildman–Crippen MR) is 91.5 cm³/mol. The van der Waals surface area contributed by atoms with Crippen molar-refractivity contribution in [3.05, 3.63) is 70.7 Å². The van der Waals surface area contributed by atoms with E-state index >= 15 is 0 Å². The van der Waals surface area contributed by atoms with Crippen LogP contribution in [-0.2, 0) is 0 Å². The highest BCUT2D eigenvalue weighted by atomic mass is 35.5. The molecule has 23 heavy (non-hydrogen) atoms. The number of aliphatic hydroxyl groups is 1. The summed E-state index contributed by atoms with van der Waals surface area (Å²) in [6.07, 6.45) is 1.31. The largest absolute Gasteiger partial charge is 0.388 e. The molecule has 1 saturated heterocycles. The average Bonchev–Trinajstić information content (AvgIpc) is 2.62. The van der Waals surface area contributed by atoms with Crippen LogP contribution in [0.1, 0.15) is 34.9 Å². The van der Waals surface area contributed by atoms with Crippen LogP contribution in [0.3, 0.4) is 0 Å². The van der Waals surface area contributed by atoms with Crippen molar-refractivity contribution in [3.8, 4) is 0 Å². The summed E-state index contributed by atoms with van der Waals surface area (Å²) in [5, 5.41) is 11.2. The lowest BCUT2D eigenvalue weighted by molar-refractivity contribution is 0.0401. The maximum Gasteiger partial charge on any atom is 0.253 e. The molecule has 1 aliphatic heterocycles. The molecule has 4 heteroatoms. The average molecular weight is 330 g/mol. The van der Waals surface area contributed by atoms with Gasteiger partial charge in [0.15, 0.2) is 0 Å². The lowest BCUT2D eigenvalue weighted by Crippen LogP contribution is -2.41. The minimum absolute atomic E-state index is 0.00614. The number of aliphatic hydroxyl groups excluding tert-OH is 1. The third kappa shape index (κ3) is 3.74. The fraction of sp³-hybridized carbons (Fsp3) is 0.316. The van der Waals surface area contributed by atoms with Gasteiger partial charge < -0.3 is 10.0 Å². The van der Waals surface area contributed by atoms with Crippen molar-refractivity contribution < 1.29 is 9.90 Å². The normalized spacial score (nSPS) is 19.4. The number of hydrogen-bond donors (Lipinski definition) is 1. The van der Waals surface area contributed by atoms with Crippen LogP contribution in [0, 0.1) is 5.92 Å². The molecule has 3 nitrogen and oxygen atoms in total. The topological polar surface area (TPSA) is 40.5 Å². The first kappa shape index (κ1) is 16.0. The van der Waals surface area contributed by atoms with Crippen molar-refractivity contribution >= 4 is 17.5 Å². The molecule has 2 atom stereocenters. The monoisotopic (exact) mass is 329 g/mol. The zero-order valence-electron chi connectivity index (χ0n) is 12.9. The van der Waals surface area contributed by atoms with E-state index in [9.17, 15) is 9.90 Å². The van der Waals surface area contributed by atoms with Crippen LogP contribution in [-0.4, -0.2) is 29.0 Å². The van der Waals surface area contributed by atoms with Gasteiger partial charge in [0.25, 0.3) is 5.91 Å². The fourth-order valence-corrected chi connectivity index (χ4v) is 3.28. The van der Waals surface area contributed by atoms with Crippen molar-refractivity contribution in [2.24, 2.45) is 5.92 Å². The highest BCUT2D eigenvalue weighted by molar-refractivity contribution is 6.30. The van der Waals surface area contributed by atoms with E-state index in [2.05, 4.69) is 0 Å². The number of piperidine rings is 1. The summed E-state index contributed by atoms with van der Waals surface area (Å²) in [5.41, 5.74) is 1.56. The number of amides is 1. The summed E-state index contributed by atoms with van der Waals surface area (Å²) in [6, 6.07) is 16.6. The molecule has 1 amide bonds. The van der Waals surface area contributed by atoms with Gasteiger partial charge in [-0.1, -0.05) is 41.9 Å². The van der Waals surface area contributed by atoms with E-state index in [1.54, 1.807) is 24.3 Å². The molecule has 0 radical (unpaired) electrons. The van der Waals surface area contributed by atoms with E-state index in [-0.39, 0.29) is 11.8 Å². The van der Waals surface area contributed by atoms with Crippen molar-refractivity contribution in [1.29, 1.82) is 0 Å². The van der Waals surface area contributed by atoms with E-state index in [4.69, 9.17) is 11.6 Å². The van der Waals surface area contributed by atoms with Crippen LogP contribution in [0.4, 0.5) is 0 Å². The van der Waals surface area contributed by atoms with Crippen LogP contribution < -0.4 is 0 Å². The molecule has 1 aliphatic rings. The van der Waals surface area contributed by atoms with Crippen molar-refractivity contribution in [3.63, 3.8) is 0 Å². The van der Waals surface area contributed by atoms with Crippen LogP contribution >= 0.6 is 11.6 Å². The molecule has 0 aliphatic carbocycles. The Kier molecular flexibility index (Phi) is 4.99. The highest BCUT2D eigenvalue weighted by Gasteiger charge is 2.29. The summed E-state index contributed by atoms with van der Waals surface area (Å²) in [4.78, 5) is 14.5. The zero-order chi connectivity index (χ0) is 16.2. The molecular formula is C19H20ClNO2. The van der Waals surface area contributed by atoms with Gasteiger partial charge in [0.2, 0.25) is 0 Å². The molecule has 0 aromatic heterocycles. The Balaban J connectivity index is 1.70. The molecule has 0 bridgehead atoms. The number of carbonyl (C=O) groups excluding carboxylic acids is 1. The van der Waals surface area contributed by atoms with Gasteiger partial charge in [-0.25, -0.2) is 0 Å². The third-order valence-corrected chi connectivity index (χ3v) is 4.68. The molecule has 2 aromatic carbocycles. The second-order valence-electron chi connectivity index (χ2n) is 6.02. The quantitative estimate of drug-likeness (QED) is 0.927. The van der Waals surface area contributed by atoms with Gasteiger partial charge in [-0.2, -0.15) is 0 Å². The Bertz CT molecular complexity index is 657. The van der Waals surface area contributed by atoms with Crippen LogP contribution in [0.15, 0.2) is 54.6 Å². The summed E-state index contributed by atoms with van der Waals surface area (Å²) < 4.78 is 0. The molecule has 1 N–H and O–H groups in total. The number of nitrogens with zero attached hydrogens (tertiary/aromatic N) is 1. The maximum atomic E-state index is 12.6. The molecule has 1 unspecified atom stereocenters. The van der Waals surface area contributed by atoms with Crippen LogP contribution in [0.5, 0.6) is 0 Å². The van der Waals surface area contributed by atoms with Crippen LogP contribution in [0.2, 0.25) is 5.02 Å². The second-order valence-corrected chi connectivity index (χ2v) is 6.45. The predicted octanol–water partition coefficient (Wildman–Crippen LogP) is 3.93. The number of benzene rings is 2. The summed E-state index contributed by atoms with van der Waals surface area (Å²) in [5.74, 6) is 0.0778. The third-order valence-electron chi connectivity index (χ3n) is 4.42. The Morgan fingerprint density at radius 3 is 2.52 bits per heavy atom. The lowest BCUT2D eigenvalue weighted by Gasteiger charge is -2.35. The Labute approximate surface area is 141 Å². The Morgan fingerprint density at radius 1 is 1.13 bits per heavy atom. The smallest absolute Gasteiger partial charge is 0.253 e. The fourth-order valence-electron chi connectivity index (χ4n) is 3.15. The summed E-state index contributed by atoms with van der Waals surface area (Å²) >= 11 is 5.88. The lowest BCUT2D eigenvalue weighted by atomic mass is 9.88. The number of rotatable bonds is 3. The van der Waals surface area contributed by atoms with E-state index in [0.29, 0.717) is 17.1 Å². The van der Waals surface area contributed by atoms with Crippen molar-refractivity contribution in [1.82, 2.24) is 4.90 Å². The minimum atomic E-state index is -0.531. The van der Waals surface area contributed by atoms with Gasteiger partial charge in [0.1, 0.15) is 0 Å². The number of halogens is 1. The van der Waals surface area contributed by atoms with Crippen molar-refractivity contribution in [2.75, 3.05) is 13.1 Å². The number of carbonyl (C=O) groups is 1. The summed E-state index contributed by atoms with van der Waals surface area (Å²) in [6.45, 7) is 1.32. The molecule has 1 heterocycles. The SMILES string of the molecule is O=C(c1ccc(Cl)cc1)N1CCCC([C@H](O)c2ccccc2)C1. The van der Waals surface area contributed by atoms with Gasteiger partial charge in [0.05, 0.1) is 6.10 Å². The molecule has 120 valence electrons. The summed E-state index contributed by atoms with van der Waals surface area (Å²) in [7, 11) is 0. The van der Waals surface area contributed by atoms with Gasteiger partial charge in [-0.3, -0.25) is 4.79 Å². The van der Waals surface area contributed by atoms with Gasteiger partial charge in [-0.15, -0.1) is 0 Å². The second kappa shape index (κ2) is 7.16. The molecule has 3 rings (SSSR count). The van der Waals surface area contributed by atoms with E-state index in [0.717, 1.165) is 24.9 Å². The van der Waals surface area contributed by atoms with Gasteiger partial charge in [0, 0.05) is 29.6 Å². The number of hydrogen-bond acceptors (Lipinski definition) is 2. The molecule has 0 saturated carbocycles. The van der Waals surface area contributed by atoms with E-state index < -0.39 is 6.10 Å². The molecule has 2 aromatic rings. The Morgan fingerprint density at radius 2 is 1.83 bits per heavy atom. The van der Waals surface area contributed by atoms with Gasteiger partial charge in [-0.05, 0) is 42.7 Å². The van der Waals surface area contributed by atoms with E-state index in [1.807, 2.05) is 35.2 Å². The minimum Gasteiger partial charge on any atom is -0.388 e. The maximum absolute atomic E-state index is 12.6. The van der Waals surface area contributed by atoms with Crippen LogP contribution in [0.25, 0.3) is 0 Å². The zero-order valence-corrected chi connectivity index (χ0v) is 13.6. The molecular weight excluding hydrogens is 310 g/mol. The Hall–Kier alpha value is -1.84. The van der Waals surface area contributed by atoms with Crippen molar-refractivity contribution in [2.45, 2.75) is 18.9 Å². The molecule has 0 spiro atoms.